The third kappa shape index (κ3) is 2.01. The van der Waals surface area contributed by atoms with Gasteiger partial charge in [-0.3, -0.25) is 4.79 Å². The zero-order chi connectivity index (χ0) is 14.3. The van der Waals surface area contributed by atoms with Crippen LogP contribution in [0.15, 0.2) is 10.7 Å². The van der Waals surface area contributed by atoms with Gasteiger partial charge in [0.05, 0.1) is 17.9 Å². The van der Waals surface area contributed by atoms with E-state index >= 15 is 0 Å². The lowest BCUT2D eigenvalue weighted by Gasteiger charge is -2.27. The molecule has 2 aromatic rings. The fraction of sp³-hybridized carbons (Fsp3) is 0.385. The Bertz CT molecular complexity index is 660. The maximum Gasteiger partial charge on any atom is 0.259 e. The number of aromatic nitrogens is 3. The first-order valence-corrected chi connectivity index (χ1v) is 6.38. The van der Waals surface area contributed by atoms with Crippen LogP contribution in [0.1, 0.15) is 33.1 Å². The van der Waals surface area contributed by atoms with Crippen LogP contribution in [-0.2, 0) is 13.0 Å². The molecule has 3 heterocycles. The Kier molecular flexibility index (Phi) is 2.89. The SMILES string of the molecule is Cc1noc(C)c1C(=O)N1CCc2cnc(N)nc2C1. The van der Waals surface area contributed by atoms with Crippen molar-refractivity contribution in [3.05, 3.63) is 34.5 Å². The summed E-state index contributed by atoms with van der Waals surface area (Å²) in [5.74, 6) is 0.694. The highest BCUT2D eigenvalue weighted by molar-refractivity contribution is 5.96. The standard InChI is InChI=1S/C13H15N5O2/c1-7-11(8(2)20-17-7)12(19)18-4-3-9-5-15-13(14)16-10(9)6-18/h5H,3-4,6H2,1-2H3,(H2,14,15,16). The molecular formula is C13H15N5O2. The second-order valence-corrected chi connectivity index (χ2v) is 4.88. The number of nitrogens with zero attached hydrogens (tertiary/aromatic N) is 4. The van der Waals surface area contributed by atoms with E-state index in [9.17, 15) is 4.79 Å². The summed E-state index contributed by atoms with van der Waals surface area (Å²) in [7, 11) is 0. The molecule has 2 N–H and O–H groups in total. The van der Waals surface area contributed by atoms with Gasteiger partial charge >= 0.3 is 0 Å². The van der Waals surface area contributed by atoms with Gasteiger partial charge in [0, 0.05) is 12.7 Å². The van der Waals surface area contributed by atoms with Crippen molar-refractivity contribution in [1.29, 1.82) is 0 Å². The molecule has 7 nitrogen and oxygen atoms in total. The molecule has 104 valence electrons. The summed E-state index contributed by atoms with van der Waals surface area (Å²) in [6, 6.07) is 0. The van der Waals surface area contributed by atoms with E-state index in [0.717, 1.165) is 17.7 Å². The number of rotatable bonds is 1. The summed E-state index contributed by atoms with van der Waals surface area (Å²) in [4.78, 5) is 22.5. The molecule has 2 aromatic heterocycles. The Morgan fingerprint density at radius 1 is 1.45 bits per heavy atom. The molecule has 7 heteroatoms. The summed E-state index contributed by atoms with van der Waals surface area (Å²) in [5, 5.41) is 3.82. The first-order valence-electron chi connectivity index (χ1n) is 6.38. The van der Waals surface area contributed by atoms with Gasteiger partial charge in [-0.15, -0.1) is 0 Å². The molecule has 3 rings (SSSR count). The number of hydrogen-bond acceptors (Lipinski definition) is 6. The summed E-state index contributed by atoms with van der Waals surface area (Å²) < 4.78 is 5.05. The minimum Gasteiger partial charge on any atom is -0.368 e. The van der Waals surface area contributed by atoms with Crippen molar-refractivity contribution in [2.45, 2.75) is 26.8 Å². The normalized spacial score (nSPS) is 14.2. The summed E-state index contributed by atoms with van der Waals surface area (Å²) in [6.07, 6.45) is 2.46. The quantitative estimate of drug-likeness (QED) is 0.827. The number of nitrogen functional groups attached to an aromatic ring is 1. The minimum absolute atomic E-state index is 0.0796. The molecule has 0 aromatic carbocycles. The number of fused-ring (bicyclic) bond motifs is 1. The Labute approximate surface area is 115 Å². The Morgan fingerprint density at radius 3 is 2.95 bits per heavy atom. The fourth-order valence-corrected chi connectivity index (χ4v) is 2.44. The van der Waals surface area contributed by atoms with E-state index in [1.165, 1.54) is 0 Å². The molecule has 1 aliphatic rings. The monoisotopic (exact) mass is 273 g/mol. The van der Waals surface area contributed by atoms with Crippen molar-refractivity contribution < 1.29 is 9.32 Å². The summed E-state index contributed by atoms with van der Waals surface area (Å²) >= 11 is 0. The molecule has 1 aliphatic heterocycles. The lowest BCUT2D eigenvalue weighted by molar-refractivity contribution is 0.0729. The lowest BCUT2D eigenvalue weighted by Crippen LogP contribution is -2.37. The number of anilines is 1. The van der Waals surface area contributed by atoms with E-state index in [0.29, 0.717) is 30.1 Å². The van der Waals surface area contributed by atoms with E-state index in [2.05, 4.69) is 15.1 Å². The average molecular weight is 273 g/mol. The molecule has 0 aliphatic carbocycles. The molecule has 20 heavy (non-hydrogen) atoms. The number of carbonyl (C=O) groups excluding carboxylic acids is 1. The van der Waals surface area contributed by atoms with E-state index in [4.69, 9.17) is 10.3 Å². The number of aryl methyl sites for hydroxylation is 2. The maximum absolute atomic E-state index is 12.5. The number of carbonyl (C=O) groups is 1. The van der Waals surface area contributed by atoms with Crippen molar-refractivity contribution >= 4 is 11.9 Å². The van der Waals surface area contributed by atoms with Crippen molar-refractivity contribution in [3.8, 4) is 0 Å². The highest BCUT2D eigenvalue weighted by Crippen LogP contribution is 2.21. The number of amides is 1. The van der Waals surface area contributed by atoms with Gasteiger partial charge in [-0.1, -0.05) is 5.16 Å². The summed E-state index contributed by atoms with van der Waals surface area (Å²) in [5.41, 5.74) is 8.60. The van der Waals surface area contributed by atoms with E-state index in [1.54, 1.807) is 24.9 Å². The van der Waals surface area contributed by atoms with Crippen LogP contribution in [0.5, 0.6) is 0 Å². The van der Waals surface area contributed by atoms with Gasteiger partial charge in [0.15, 0.2) is 0 Å². The molecule has 0 saturated heterocycles. The molecule has 0 atom stereocenters. The zero-order valence-corrected chi connectivity index (χ0v) is 11.4. The molecule has 0 unspecified atom stereocenters. The Balaban J connectivity index is 1.89. The molecule has 1 amide bonds. The van der Waals surface area contributed by atoms with Crippen LogP contribution in [0.2, 0.25) is 0 Å². The van der Waals surface area contributed by atoms with Gasteiger partial charge < -0.3 is 15.2 Å². The molecule has 0 saturated carbocycles. The van der Waals surface area contributed by atoms with Gasteiger partial charge in [0.1, 0.15) is 11.3 Å². The van der Waals surface area contributed by atoms with Gasteiger partial charge in [-0.25, -0.2) is 9.97 Å². The molecule has 0 spiro atoms. The van der Waals surface area contributed by atoms with Crippen molar-refractivity contribution in [2.24, 2.45) is 0 Å². The Morgan fingerprint density at radius 2 is 2.25 bits per heavy atom. The van der Waals surface area contributed by atoms with Crippen LogP contribution < -0.4 is 5.73 Å². The van der Waals surface area contributed by atoms with Gasteiger partial charge in [-0.05, 0) is 25.8 Å². The van der Waals surface area contributed by atoms with Crippen LogP contribution in [-0.4, -0.2) is 32.5 Å². The van der Waals surface area contributed by atoms with Crippen LogP contribution in [0.3, 0.4) is 0 Å². The highest BCUT2D eigenvalue weighted by Gasteiger charge is 2.27. The number of hydrogen-bond donors (Lipinski definition) is 1. The van der Waals surface area contributed by atoms with Gasteiger partial charge in [-0.2, -0.15) is 0 Å². The van der Waals surface area contributed by atoms with Crippen molar-refractivity contribution in [1.82, 2.24) is 20.0 Å². The molecule has 0 fully saturated rings. The second kappa shape index (κ2) is 4.59. The van der Waals surface area contributed by atoms with Crippen molar-refractivity contribution in [2.75, 3.05) is 12.3 Å². The highest BCUT2D eigenvalue weighted by atomic mass is 16.5. The van der Waals surface area contributed by atoms with Gasteiger partial charge in [0.2, 0.25) is 5.95 Å². The lowest BCUT2D eigenvalue weighted by atomic mass is 10.1. The van der Waals surface area contributed by atoms with Gasteiger partial charge in [0.25, 0.3) is 5.91 Å². The van der Waals surface area contributed by atoms with Crippen LogP contribution >= 0.6 is 0 Å². The van der Waals surface area contributed by atoms with E-state index in [-0.39, 0.29) is 11.9 Å². The first kappa shape index (κ1) is 12.6. The Hall–Kier alpha value is -2.44. The van der Waals surface area contributed by atoms with Crippen molar-refractivity contribution in [3.63, 3.8) is 0 Å². The third-order valence-electron chi connectivity index (χ3n) is 3.50. The molecule has 0 radical (unpaired) electrons. The van der Waals surface area contributed by atoms with E-state index in [1.807, 2.05) is 0 Å². The maximum atomic E-state index is 12.5. The summed E-state index contributed by atoms with van der Waals surface area (Å²) in [6.45, 7) is 4.57. The zero-order valence-electron chi connectivity index (χ0n) is 11.4. The second-order valence-electron chi connectivity index (χ2n) is 4.88. The number of nitrogens with two attached hydrogens (primary N) is 1. The largest absolute Gasteiger partial charge is 0.368 e. The topological polar surface area (TPSA) is 98.1 Å². The predicted molar refractivity (Wildman–Crippen MR) is 70.9 cm³/mol. The van der Waals surface area contributed by atoms with E-state index < -0.39 is 0 Å². The van der Waals surface area contributed by atoms with Crippen LogP contribution in [0.4, 0.5) is 5.95 Å². The molecule has 0 bridgehead atoms. The third-order valence-corrected chi connectivity index (χ3v) is 3.50. The minimum atomic E-state index is -0.0796. The average Bonchev–Trinajstić information content (AvgIpc) is 2.76. The first-order chi connectivity index (χ1) is 9.56. The predicted octanol–water partition coefficient (Wildman–Crippen LogP) is 0.862. The fourth-order valence-electron chi connectivity index (χ4n) is 2.44. The van der Waals surface area contributed by atoms with Crippen LogP contribution in [0, 0.1) is 13.8 Å². The smallest absolute Gasteiger partial charge is 0.259 e. The van der Waals surface area contributed by atoms with Crippen LogP contribution in [0.25, 0.3) is 0 Å². The molecular weight excluding hydrogens is 258 g/mol.